The first kappa shape index (κ1) is 14.7. The molecule has 2 rings (SSSR count). The molecule has 0 saturated heterocycles. The molecule has 2 aromatic rings. The van der Waals surface area contributed by atoms with Gasteiger partial charge in [-0.25, -0.2) is 4.98 Å². The highest BCUT2D eigenvalue weighted by atomic mass is 35.5. The Morgan fingerprint density at radius 1 is 1.45 bits per heavy atom. The zero-order chi connectivity index (χ0) is 14.5. The number of thiophene rings is 1. The second-order valence-corrected chi connectivity index (χ2v) is 5.90. The zero-order valence-electron chi connectivity index (χ0n) is 11.2. The van der Waals surface area contributed by atoms with E-state index < -0.39 is 0 Å². The Hall–Kier alpha value is -1.66. The number of nitrogens with one attached hydrogen (secondary N) is 2. The number of hydrogen-bond acceptors (Lipinski definition) is 5. The van der Waals surface area contributed by atoms with Crippen molar-refractivity contribution in [2.45, 2.75) is 19.9 Å². The normalized spacial score (nSPS) is 11.9. The van der Waals surface area contributed by atoms with E-state index in [1.807, 2.05) is 26.0 Å². The number of halogens is 1. The van der Waals surface area contributed by atoms with Crippen molar-refractivity contribution in [3.63, 3.8) is 0 Å². The summed E-state index contributed by atoms with van der Waals surface area (Å²) in [6.45, 7) is 4.59. The molecule has 5 nitrogen and oxygen atoms in total. The molecule has 7 heteroatoms. The van der Waals surface area contributed by atoms with Crippen molar-refractivity contribution < 1.29 is 4.79 Å². The van der Waals surface area contributed by atoms with Gasteiger partial charge < -0.3 is 10.6 Å². The van der Waals surface area contributed by atoms with Crippen molar-refractivity contribution in [1.82, 2.24) is 15.3 Å². The molecule has 106 valence electrons. The standard InChI is InChI=1S/C13H15ClN4OS/c1-3-16-12-7-15-6-9(18-12)13(19)17-8(2)10-4-5-11(14)20-10/h4-8H,3H2,1-2H3,(H,16,18)(H,17,19). The van der Waals surface area contributed by atoms with Crippen LogP contribution in [0.25, 0.3) is 0 Å². The summed E-state index contributed by atoms with van der Waals surface area (Å²) in [6.07, 6.45) is 3.03. The molecule has 2 heterocycles. The summed E-state index contributed by atoms with van der Waals surface area (Å²) >= 11 is 7.34. The van der Waals surface area contributed by atoms with Gasteiger partial charge in [0, 0.05) is 11.4 Å². The minimum absolute atomic E-state index is 0.121. The van der Waals surface area contributed by atoms with Crippen LogP contribution in [0.5, 0.6) is 0 Å². The zero-order valence-corrected chi connectivity index (χ0v) is 12.8. The van der Waals surface area contributed by atoms with Crippen LogP contribution in [0.3, 0.4) is 0 Å². The predicted molar refractivity (Wildman–Crippen MR) is 81.4 cm³/mol. The molecule has 1 atom stereocenters. The number of carbonyl (C=O) groups excluding carboxylic acids is 1. The molecule has 20 heavy (non-hydrogen) atoms. The van der Waals surface area contributed by atoms with E-state index in [1.54, 1.807) is 6.20 Å². The fraction of sp³-hybridized carbons (Fsp3) is 0.308. The van der Waals surface area contributed by atoms with E-state index in [2.05, 4.69) is 20.6 Å². The Morgan fingerprint density at radius 2 is 2.25 bits per heavy atom. The van der Waals surface area contributed by atoms with E-state index in [1.165, 1.54) is 17.5 Å². The molecule has 2 N–H and O–H groups in total. The van der Waals surface area contributed by atoms with Crippen LogP contribution in [0.1, 0.15) is 35.3 Å². The second-order valence-electron chi connectivity index (χ2n) is 4.16. The lowest BCUT2D eigenvalue weighted by atomic mass is 10.2. The third kappa shape index (κ3) is 3.68. The van der Waals surface area contributed by atoms with Gasteiger partial charge in [-0.2, -0.15) is 0 Å². The quantitative estimate of drug-likeness (QED) is 0.890. The molecule has 0 saturated carbocycles. The van der Waals surface area contributed by atoms with E-state index >= 15 is 0 Å². The van der Waals surface area contributed by atoms with E-state index in [0.29, 0.717) is 10.2 Å². The Bertz CT molecular complexity index is 602. The molecule has 0 radical (unpaired) electrons. The van der Waals surface area contributed by atoms with Gasteiger partial charge in [0.25, 0.3) is 5.91 Å². The van der Waals surface area contributed by atoms with Crippen LogP contribution in [0.2, 0.25) is 4.34 Å². The lowest BCUT2D eigenvalue weighted by molar-refractivity contribution is 0.0935. The van der Waals surface area contributed by atoms with Gasteiger partial charge in [0.1, 0.15) is 11.5 Å². The van der Waals surface area contributed by atoms with E-state index in [4.69, 9.17) is 11.6 Å². The molecular formula is C13H15ClN4OS. The molecule has 2 aromatic heterocycles. The van der Waals surface area contributed by atoms with E-state index in [9.17, 15) is 4.79 Å². The van der Waals surface area contributed by atoms with Crippen LogP contribution in [0, 0.1) is 0 Å². The number of anilines is 1. The fourth-order valence-corrected chi connectivity index (χ4v) is 2.71. The number of nitrogens with zero attached hydrogens (tertiary/aromatic N) is 2. The maximum absolute atomic E-state index is 12.1. The number of aromatic nitrogens is 2. The molecule has 0 aromatic carbocycles. The van der Waals surface area contributed by atoms with Crippen molar-refractivity contribution in [2.24, 2.45) is 0 Å². The van der Waals surface area contributed by atoms with Crippen molar-refractivity contribution in [3.8, 4) is 0 Å². The van der Waals surface area contributed by atoms with Crippen molar-refractivity contribution in [1.29, 1.82) is 0 Å². The molecule has 0 bridgehead atoms. The molecule has 1 amide bonds. The van der Waals surface area contributed by atoms with Crippen LogP contribution in [-0.2, 0) is 0 Å². The third-order valence-corrected chi connectivity index (χ3v) is 4.01. The summed E-state index contributed by atoms with van der Waals surface area (Å²) in [6, 6.07) is 3.60. The highest BCUT2D eigenvalue weighted by Gasteiger charge is 2.14. The van der Waals surface area contributed by atoms with Crippen LogP contribution < -0.4 is 10.6 Å². The average Bonchev–Trinajstić information content (AvgIpc) is 2.86. The van der Waals surface area contributed by atoms with Crippen molar-refractivity contribution >= 4 is 34.7 Å². The van der Waals surface area contributed by atoms with E-state index in [-0.39, 0.29) is 17.6 Å². The van der Waals surface area contributed by atoms with Gasteiger partial charge in [0.05, 0.1) is 22.8 Å². The largest absolute Gasteiger partial charge is 0.369 e. The smallest absolute Gasteiger partial charge is 0.272 e. The highest BCUT2D eigenvalue weighted by molar-refractivity contribution is 7.16. The molecular weight excluding hydrogens is 296 g/mol. The number of carbonyl (C=O) groups is 1. The van der Waals surface area contributed by atoms with Crippen molar-refractivity contribution in [3.05, 3.63) is 39.4 Å². The van der Waals surface area contributed by atoms with Gasteiger partial charge in [-0.15, -0.1) is 11.3 Å². The first-order valence-corrected chi connectivity index (χ1v) is 7.41. The molecule has 0 aliphatic rings. The van der Waals surface area contributed by atoms with Gasteiger partial charge in [-0.1, -0.05) is 11.6 Å². The van der Waals surface area contributed by atoms with E-state index in [0.717, 1.165) is 11.4 Å². The summed E-state index contributed by atoms with van der Waals surface area (Å²) in [7, 11) is 0. The maximum atomic E-state index is 12.1. The summed E-state index contributed by atoms with van der Waals surface area (Å²) in [5.74, 6) is 0.334. The van der Waals surface area contributed by atoms with Gasteiger partial charge in [-0.3, -0.25) is 9.78 Å². The Labute approximate surface area is 126 Å². The lowest BCUT2D eigenvalue weighted by Crippen LogP contribution is -2.27. The SMILES string of the molecule is CCNc1cncc(C(=O)NC(C)c2ccc(Cl)s2)n1. The number of amides is 1. The maximum Gasteiger partial charge on any atom is 0.272 e. The van der Waals surface area contributed by atoms with Gasteiger partial charge in [-0.05, 0) is 26.0 Å². The first-order chi connectivity index (χ1) is 9.60. The second kappa shape index (κ2) is 6.67. The van der Waals surface area contributed by atoms with Crippen LogP contribution >= 0.6 is 22.9 Å². The topological polar surface area (TPSA) is 66.9 Å². The monoisotopic (exact) mass is 310 g/mol. The Balaban J connectivity index is 2.06. The summed E-state index contributed by atoms with van der Waals surface area (Å²) in [5, 5.41) is 5.90. The predicted octanol–water partition coefficient (Wildman–Crippen LogP) is 3.11. The molecule has 0 fully saturated rings. The summed E-state index contributed by atoms with van der Waals surface area (Å²) in [4.78, 5) is 21.3. The fourth-order valence-electron chi connectivity index (χ4n) is 1.64. The summed E-state index contributed by atoms with van der Waals surface area (Å²) < 4.78 is 0.704. The summed E-state index contributed by atoms with van der Waals surface area (Å²) in [5.41, 5.74) is 0.290. The van der Waals surface area contributed by atoms with Gasteiger partial charge in [0.15, 0.2) is 0 Å². The lowest BCUT2D eigenvalue weighted by Gasteiger charge is -2.12. The Kier molecular flexibility index (Phi) is 4.92. The third-order valence-electron chi connectivity index (χ3n) is 2.59. The molecule has 0 aliphatic heterocycles. The first-order valence-electron chi connectivity index (χ1n) is 6.22. The minimum Gasteiger partial charge on any atom is -0.369 e. The molecule has 0 aliphatic carbocycles. The van der Waals surface area contributed by atoms with Crippen molar-refractivity contribution in [2.75, 3.05) is 11.9 Å². The average molecular weight is 311 g/mol. The van der Waals surface area contributed by atoms with Crippen LogP contribution in [0.15, 0.2) is 24.5 Å². The van der Waals surface area contributed by atoms with Crippen LogP contribution in [0.4, 0.5) is 5.82 Å². The molecule has 0 spiro atoms. The van der Waals surface area contributed by atoms with Crippen LogP contribution in [-0.4, -0.2) is 22.4 Å². The minimum atomic E-state index is -0.255. The van der Waals surface area contributed by atoms with Gasteiger partial charge in [0.2, 0.25) is 0 Å². The Morgan fingerprint density at radius 3 is 2.90 bits per heavy atom. The van der Waals surface area contributed by atoms with Gasteiger partial charge >= 0.3 is 0 Å². The molecule has 1 unspecified atom stereocenters. The highest BCUT2D eigenvalue weighted by Crippen LogP contribution is 2.26. The number of hydrogen-bond donors (Lipinski definition) is 2. The number of rotatable bonds is 5.